The number of urea groups is 2. The van der Waals surface area contributed by atoms with Crippen LogP contribution in [0.5, 0.6) is 0 Å². The van der Waals surface area contributed by atoms with Crippen LogP contribution in [0.3, 0.4) is 0 Å². The fourth-order valence-corrected chi connectivity index (χ4v) is 12.5. The highest BCUT2D eigenvalue weighted by atomic mass is 16.2. The second-order valence-corrected chi connectivity index (χ2v) is 19.6. The van der Waals surface area contributed by atoms with Gasteiger partial charge in [-0.05, 0) is 138 Å². The number of piperidine rings is 2. The first-order valence-corrected chi connectivity index (χ1v) is 24.1. The Morgan fingerprint density at radius 2 is 1.15 bits per heavy atom. The summed E-state index contributed by atoms with van der Waals surface area (Å²) in [5.41, 5.74) is 15.0. The molecular weight excluding hydrogens is 809 g/mol. The smallest absolute Gasteiger partial charge is 0.325 e. The maximum absolute atomic E-state index is 13.7. The van der Waals surface area contributed by atoms with E-state index in [1.165, 1.54) is 61.6 Å². The summed E-state index contributed by atoms with van der Waals surface area (Å²) >= 11 is 0. The van der Waals surface area contributed by atoms with Gasteiger partial charge in [-0.2, -0.15) is 0 Å². The lowest BCUT2D eigenvalue weighted by Crippen LogP contribution is -2.53. The largest absolute Gasteiger partial charge is 0.353 e. The molecule has 10 rings (SSSR count). The molecule has 0 bridgehead atoms. The third-order valence-corrected chi connectivity index (χ3v) is 15.4. The Morgan fingerprint density at radius 3 is 1.57 bits per heavy atom. The molecule has 0 saturated carbocycles. The molecule has 65 heavy (non-hydrogen) atoms. The molecule has 0 unspecified atom stereocenters. The van der Waals surface area contributed by atoms with E-state index in [1.807, 2.05) is 19.3 Å². The number of aryl methyl sites for hydroxylation is 6. The number of carbonyl (C=O) groups excluding carboxylic acids is 3. The van der Waals surface area contributed by atoms with Gasteiger partial charge in [-0.1, -0.05) is 61.4 Å². The van der Waals surface area contributed by atoms with Gasteiger partial charge in [-0.15, -0.1) is 0 Å². The lowest BCUT2D eigenvalue weighted by atomic mass is 9.81. The second-order valence-electron chi connectivity index (χ2n) is 19.6. The minimum absolute atomic E-state index is 0.115. The molecule has 0 aliphatic carbocycles. The normalized spacial score (nSPS) is 21.9. The summed E-state index contributed by atoms with van der Waals surface area (Å²) in [5, 5.41) is 3.47. The summed E-state index contributed by atoms with van der Waals surface area (Å²) < 4.78 is 3.98. The number of likely N-dealkylation sites (N-methyl/N-ethyl adjacent to an activating group) is 2. The Hall–Kier alpha value is -5.39. The molecule has 4 amide bonds. The molecule has 1 N–H and O–H groups in total. The van der Waals surface area contributed by atoms with E-state index in [4.69, 9.17) is 0 Å². The van der Waals surface area contributed by atoms with Crippen molar-refractivity contribution in [1.29, 1.82) is 0 Å². The average molecular weight is 881 g/mol. The molecule has 2 spiro atoms. The number of allylic oxidation sites excluding steroid dienone is 2. The van der Waals surface area contributed by atoms with E-state index >= 15 is 0 Å². The van der Waals surface area contributed by atoms with Crippen LogP contribution in [0.15, 0.2) is 84.5 Å². The lowest BCUT2D eigenvalue weighted by Gasteiger charge is -2.44. The van der Waals surface area contributed by atoms with Crippen LogP contribution < -0.4 is 5.32 Å². The van der Waals surface area contributed by atoms with Gasteiger partial charge >= 0.3 is 12.1 Å². The maximum atomic E-state index is 13.7. The number of fused-ring (bicyclic) bond motifs is 6. The number of hydrogen-bond donors (Lipinski definition) is 1. The van der Waals surface area contributed by atoms with E-state index in [9.17, 15) is 14.4 Å². The summed E-state index contributed by atoms with van der Waals surface area (Å²) in [5.74, 6) is 0.653. The molecule has 6 aliphatic rings. The van der Waals surface area contributed by atoms with Crippen molar-refractivity contribution < 1.29 is 14.4 Å². The van der Waals surface area contributed by atoms with Gasteiger partial charge < -0.3 is 24.3 Å². The first-order chi connectivity index (χ1) is 31.2. The van der Waals surface area contributed by atoms with Crippen molar-refractivity contribution in [2.24, 2.45) is 14.1 Å². The van der Waals surface area contributed by atoms with Crippen molar-refractivity contribution in [3.8, 4) is 0 Å². The zero-order chi connectivity index (χ0) is 46.4. The van der Waals surface area contributed by atoms with Gasteiger partial charge in [0, 0.05) is 88.1 Å². The number of rotatable bonds is 5. The Labute approximate surface area is 387 Å². The van der Waals surface area contributed by atoms with Crippen LogP contribution in [0.4, 0.5) is 9.59 Å². The Balaban J connectivity index is 0.000000155. The van der Waals surface area contributed by atoms with Crippen LogP contribution in [-0.4, -0.2) is 102 Å². The van der Waals surface area contributed by atoms with Crippen molar-refractivity contribution >= 4 is 18.3 Å². The quantitative estimate of drug-likeness (QED) is 0.202. The van der Waals surface area contributed by atoms with Gasteiger partial charge in [0.25, 0.3) is 0 Å². The van der Waals surface area contributed by atoms with Gasteiger partial charge in [0.15, 0.2) is 6.29 Å². The summed E-state index contributed by atoms with van der Waals surface area (Å²) in [4.78, 5) is 48.0. The van der Waals surface area contributed by atoms with Crippen LogP contribution in [-0.2, 0) is 33.7 Å². The minimum atomic E-state index is -0.171. The van der Waals surface area contributed by atoms with E-state index < -0.39 is 0 Å². The van der Waals surface area contributed by atoms with Gasteiger partial charge in [0.2, 0.25) is 0 Å². The molecule has 8 heterocycles. The molecule has 346 valence electrons. The number of likely N-dealkylation sites (tertiary alicyclic amines) is 1. The number of aromatic nitrogens is 2. The number of nitrogens with one attached hydrogen (secondary N) is 1. The molecule has 0 radical (unpaired) electrons. The van der Waals surface area contributed by atoms with Crippen molar-refractivity contribution in [2.75, 3.05) is 39.3 Å². The first kappa shape index (κ1) is 46.2. The van der Waals surface area contributed by atoms with Crippen LogP contribution in [0.2, 0.25) is 0 Å². The van der Waals surface area contributed by atoms with Gasteiger partial charge in [-0.25, -0.2) is 9.59 Å². The van der Waals surface area contributed by atoms with E-state index in [0.717, 1.165) is 77.8 Å². The summed E-state index contributed by atoms with van der Waals surface area (Å²) in [6, 6.07) is 17.4. The maximum Gasteiger partial charge on any atom is 0.325 e. The van der Waals surface area contributed by atoms with Crippen LogP contribution >= 0.6 is 0 Å². The highest BCUT2D eigenvalue weighted by Crippen LogP contribution is 2.49. The van der Waals surface area contributed by atoms with Crippen molar-refractivity contribution in [1.82, 2.24) is 39.0 Å². The molecule has 4 fully saturated rings. The van der Waals surface area contributed by atoms with Gasteiger partial charge in [0.1, 0.15) is 0 Å². The van der Waals surface area contributed by atoms with E-state index in [0.29, 0.717) is 30.6 Å². The van der Waals surface area contributed by atoms with Crippen LogP contribution in [0.1, 0.15) is 126 Å². The number of nitrogens with zero attached hydrogens (tertiary/aromatic N) is 7. The highest BCUT2D eigenvalue weighted by molar-refractivity contribution is 5.84. The Morgan fingerprint density at radius 1 is 0.677 bits per heavy atom. The average Bonchev–Trinajstić information content (AvgIpc) is 3.92. The number of benzene rings is 2. The van der Waals surface area contributed by atoms with Crippen LogP contribution in [0.25, 0.3) is 0 Å². The first-order valence-electron chi connectivity index (χ1n) is 24.1. The summed E-state index contributed by atoms with van der Waals surface area (Å²) in [7, 11) is 3.95. The molecule has 11 nitrogen and oxygen atoms in total. The minimum Gasteiger partial charge on any atom is -0.353 e. The Bertz CT molecular complexity index is 2490. The predicted molar refractivity (Wildman–Crippen MR) is 260 cm³/mol. The second kappa shape index (κ2) is 18.5. The van der Waals surface area contributed by atoms with Gasteiger partial charge in [-0.3, -0.25) is 19.5 Å². The fourth-order valence-electron chi connectivity index (χ4n) is 12.5. The van der Waals surface area contributed by atoms with Crippen molar-refractivity contribution in [2.45, 2.75) is 124 Å². The molecule has 11 heteroatoms. The molecule has 2 aromatic carbocycles. The molecule has 2 atom stereocenters. The number of hydrogen-bond acceptors (Lipinski definition) is 5. The van der Waals surface area contributed by atoms with E-state index in [1.54, 1.807) is 10.6 Å². The summed E-state index contributed by atoms with van der Waals surface area (Å²) in [6.45, 7) is 25.5. The van der Waals surface area contributed by atoms with Crippen molar-refractivity contribution in [3.05, 3.63) is 140 Å². The summed E-state index contributed by atoms with van der Waals surface area (Å²) in [6.07, 6.45) is 13.6. The van der Waals surface area contributed by atoms with E-state index in [-0.39, 0.29) is 23.1 Å². The lowest BCUT2D eigenvalue weighted by molar-refractivity contribution is 0.0877. The van der Waals surface area contributed by atoms with Gasteiger partial charge in [0.05, 0.1) is 29.9 Å². The number of carbonyl (C=O) groups is 3. The molecule has 6 aliphatic heterocycles. The van der Waals surface area contributed by atoms with E-state index in [2.05, 4.69) is 152 Å². The molecule has 4 saturated heterocycles. The number of aldehydes is 1. The molecule has 4 aromatic rings. The molecule has 2 aromatic heterocycles. The highest BCUT2D eigenvalue weighted by Gasteiger charge is 2.56. The van der Waals surface area contributed by atoms with Crippen LogP contribution in [0, 0.1) is 27.7 Å². The zero-order valence-electron chi connectivity index (χ0n) is 40.7. The standard InChI is InChI=1S/C27H36N4O.C21H29N3O.C6H7NO/c1-6-31-26(32)30-17-22-15-19(2)14-20(3)25(22)21(4)16-24(30)27(31)9-12-29(13-10-27)18-23-8-7-11-28(23)5;1-5-24-20(25)23-13-17-11-14(2)10-15(3)19(17)16(4)12-18(23)21(24)6-8-22-9-7-21;1-7-4-2-3-6(7)5-8/h7-8,11,14-16,21H,6,9-10,12-13,17-18H2,1-5H3;10-12,16,22H,5-9,13H2,1-4H3;2-5H,1H3/t21-;16-;/m00./s1. The monoisotopic (exact) mass is 881 g/mol. The fraction of sp³-hybridized carbons (Fsp3) is 0.500. The third kappa shape index (κ3) is 8.28. The number of amides is 4. The van der Waals surface area contributed by atoms with Crippen molar-refractivity contribution in [3.63, 3.8) is 0 Å². The predicted octanol–water partition coefficient (Wildman–Crippen LogP) is 9.46. The zero-order valence-corrected chi connectivity index (χ0v) is 40.7. The topological polar surface area (TPSA) is 89.3 Å². The third-order valence-electron chi connectivity index (χ3n) is 15.4. The SMILES string of the molecule is CCN1C(=O)N2Cc3cc(C)cc(C)c3[C@@H](C)C=C2C12CCN(Cc1cccn1C)CC2.CCN1C(=O)N2Cc3cc(C)cc(C)c3[C@@H](C)C=C2C12CCNCC2.Cn1cccc1C=O. The molecular formula is C54H72N8O3. The Kier molecular flexibility index (Phi) is 13.1.